The Labute approximate surface area is 121 Å². The molecule has 0 fully saturated rings. The van der Waals surface area contributed by atoms with E-state index < -0.39 is 6.04 Å². The van der Waals surface area contributed by atoms with Crippen LogP contribution >= 0.6 is 0 Å². The Morgan fingerprint density at radius 2 is 1.95 bits per heavy atom. The summed E-state index contributed by atoms with van der Waals surface area (Å²) >= 11 is 0. The van der Waals surface area contributed by atoms with Gasteiger partial charge in [-0.15, -0.1) is 0 Å². The standard InChI is InChI=1S/C16H24N2O2/c1-11(2)16(13(4)19)17-15(20)10-18(5)14-8-6-7-12(3)9-14/h6-9,11,16H,10H2,1-5H3,(H,17,20). The van der Waals surface area contributed by atoms with Crippen molar-refractivity contribution in [3.63, 3.8) is 0 Å². The zero-order valence-corrected chi connectivity index (χ0v) is 12.9. The maximum absolute atomic E-state index is 12.0. The van der Waals surface area contributed by atoms with E-state index in [2.05, 4.69) is 5.32 Å². The fraction of sp³-hybridized carbons (Fsp3) is 0.500. The van der Waals surface area contributed by atoms with Crippen molar-refractivity contribution in [2.24, 2.45) is 5.92 Å². The number of aryl methyl sites for hydroxylation is 1. The Morgan fingerprint density at radius 3 is 2.45 bits per heavy atom. The Morgan fingerprint density at radius 1 is 1.30 bits per heavy atom. The molecular weight excluding hydrogens is 252 g/mol. The third kappa shape index (κ3) is 4.68. The first-order valence-corrected chi connectivity index (χ1v) is 6.89. The number of Topliss-reactive ketones (excluding diaryl/α,β-unsaturated/α-hetero) is 1. The molecule has 1 rings (SSSR count). The minimum atomic E-state index is -0.409. The van der Waals surface area contributed by atoms with Gasteiger partial charge < -0.3 is 10.2 Å². The van der Waals surface area contributed by atoms with E-state index in [0.717, 1.165) is 11.3 Å². The predicted octanol–water partition coefficient (Wildman–Crippen LogP) is 2.16. The van der Waals surface area contributed by atoms with Crippen LogP contribution in [-0.4, -0.2) is 31.3 Å². The fourth-order valence-electron chi connectivity index (χ4n) is 2.13. The van der Waals surface area contributed by atoms with Crippen LogP contribution in [0.25, 0.3) is 0 Å². The summed E-state index contributed by atoms with van der Waals surface area (Å²) in [4.78, 5) is 25.4. The van der Waals surface area contributed by atoms with Gasteiger partial charge in [0.05, 0.1) is 12.6 Å². The van der Waals surface area contributed by atoms with Crippen LogP contribution in [0.2, 0.25) is 0 Å². The molecular formula is C16H24N2O2. The number of rotatable bonds is 6. The van der Waals surface area contributed by atoms with Gasteiger partial charge in [-0.3, -0.25) is 9.59 Å². The second kappa shape index (κ2) is 7.08. The third-order valence-electron chi connectivity index (χ3n) is 3.24. The van der Waals surface area contributed by atoms with Gasteiger partial charge in [0.2, 0.25) is 5.91 Å². The number of benzene rings is 1. The summed E-state index contributed by atoms with van der Waals surface area (Å²) in [6.45, 7) is 7.62. The van der Waals surface area contributed by atoms with Crippen molar-refractivity contribution in [2.75, 3.05) is 18.5 Å². The van der Waals surface area contributed by atoms with Crippen LogP contribution in [0.3, 0.4) is 0 Å². The highest BCUT2D eigenvalue weighted by atomic mass is 16.2. The average Bonchev–Trinajstić information content (AvgIpc) is 2.35. The maximum Gasteiger partial charge on any atom is 0.240 e. The van der Waals surface area contributed by atoms with Crippen molar-refractivity contribution in [1.82, 2.24) is 5.32 Å². The van der Waals surface area contributed by atoms with Gasteiger partial charge in [0.1, 0.15) is 0 Å². The number of ketones is 1. The maximum atomic E-state index is 12.0. The number of nitrogens with zero attached hydrogens (tertiary/aromatic N) is 1. The van der Waals surface area contributed by atoms with E-state index in [1.54, 1.807) is 0 Å². The highest BCUT2D eigenvalue weighted by Crippen LogP contribution is 2.13. The van der Waals surface area contributed by atoms with Gasteiger partial charge in [-0.2, -0.15) is 0 Å². The van der Waals surface area contributed by atoms with Gasteiger partial charge in [0, 0.05) is 12.7 Å². The van der Waals surface area contributed by atoms with E-state index in [-0.39, 0.29) is 24.2 Å². The van der Waals surface area contributed by atoms with Crippen LogP contribution in [0.15, 0.2) is 24.3 Å². The molecule has 0 aliphatic carbocycles. The van der Waals surface area contributed by atoms with Gasteiger partial charge in [-0.1, -0.05) is 26.0 Å². The third-order valence-corrected chi connectivity index (χ3v) is 3.24. The van der Waals surface area contributed by atoms with Crippen LogP contribution < -0.4 is 10.2 Å². The number of hydrogen-bond acceptors (Lipinski definition) is 3. The summed E-state index contributed by atoms with van der Waals surface area (Å²) in [6, 6.07) is 7.56. The smallest absolute Gasteiger partial charge is 0.240 e. The molecule has 0 spiro atoms. The van der Waals surface area contributed by atoms with Gasteiger partial charge in [0.15, 0.2) is 5.78 Å². The van der Waals surface area contributed by atoms with E-state index in [9.17, 15) is 9.59 Å². The topological polar surface area (TPSA) is 49.4 Å². The summed E-state index contributed by atoms with van der Waals surface area (Å²) in [5, 5.41) is 2.80. The molecule has 1 aromatic rings. The van der Waals surface area contributed by atoms with Crippen molar-refractivity contribution in [3.8, 4) is 0 Å². The zero-order valence-electron chi connectivity index (χ0n) is 12.9. The molecule has 0 saturated carbocycles. The lowest BCUT2D eigenvalue weighted by atomic mass is 10.0. The van der Waals surface area contributed by atoms with Crippen molar-refractivity contribution >= 4 is 17.4 Å². The lowest BCUT2D eigenvalue weighted by Gasteiger charge is -2.23. The van der Waals surface area contributed by atoms with Crippen molar-refractivity contribution < 1.29 is 9.59 Å². The summed E-state index contributed by atoms with van der Waals surface area (Å²) in [6.07, 6.45) is 0. The molecule has 0 saturated heterocycles. The number of carbonyl (C=O) groups is 2. The second-order valence-corrected chi connectivity index (χ2v) is 5.59. The van der Waals surface area contributed by atoms with Crippen LogP contribution in [0, 0.1) is 12.8 Å². The average molecular weight is 276 g/mol. The molecule has 4 nitrogen and oxygen atoms in total. The van der Waals surface area contributed by atoms with Crippen LogP contribution in [0.5, 0.6) is 0 Å². The number of likely N-dealkylation sites (N-methyl/N-ethyl adjacent to an activating group) is 1. The molecule has 0 aliphatic heterocycles. The summed E-state index contributed by atoms with van der Waals surface area (Å²) in [5.74, 6) is -0.0461. The monoisotopic (exact) mass is 276 g/mol. The molecule has 0 heterocycles. The molecule has 0 aliphatic rings. The summed E-state index contributed by atoms with van der Waals surface area (Å²) < 4.78 is 0. The quantitative estimate of drug-likeness (QED) is 0.866. The van der Waals surface area contributed by atoms with Crippen molar-refractivity contribution in [2.45, 2.75) is 33.7 Å². The Bertz CT molecular complexity index is 483. The van der Waals surface area contributed by atoms with Crippen molar-refractivity contribution in [1.29, 1.82) is 0 Å². The fourth-order valence-corrected chi connectivity index (χ4v) is 2.13. The zero-order chi connectivity index (χ0) is 15.3. The molecule has 20 heavy (non-hydrogen) atoms. The molecule has 1 aromatic carbocycles. The second-order valence-electron chi connectivity index (χ2n) is 5.59. The molecule has 0 radical (unpaired) electrons. The first-order valence-electron chi connectivity index (χ1n) is 6.89. The lowest BCUT2D eigenvalue weighted by molar-refractivity contribution is -0.127. The first-order chi connectivity index (χ1) is 9.31. The molecule has 1 amide bonds. The predicted molar refractivity (Wildman–Crippen MR) is 81.9 cm³/mol. The Hall–Kier alpha value is -1.84. The van der Waals surface area contributed by atoms with E-state index in [0.29, 0.717) is 0 Å². The Kier molecular flexibility index (Phi) is 5.74. The largest absolute Gasteiger partial charge is 0.365 e. The van der Waals surface area contributed by atoms with Gasteiger partial charge in [-0.05, 0) is 37.5 Å². The molecule has 1 N–H and O–H groups in total. The minimum Gasteiger partial charge on any atom is -0.365 e. The van der Waals surface area contributed by atoms with Gasteiger partial charge in [-0.25, -0.2) is 0 Å². The molecule has 0 aromatic heterocycles. The molecule has 0 bridgehead atoms. The van der Waals surface area contributed by atoms with E-state index in [1.807, 2.05) is 57.0 Å². The molecule has 1 atom stereocenters. The van der Waals surface area contributed by atoms with Crippen LogP contribution in [0.1, 0.15) is 26.3 Å². The number of anilines is 1. The van der Waals surface area contributed by atoms with Crippen molar-refractivity contribution in [3.05, 3.63) is 29.8 Å². The molecule has 110 valence electrons. The SMILES string of the molecule is CC(=O)C(NC(=O)CN(C)c1cccc(C)c1)C(C)C. The van der Waals surface area contributed by atoms with Crippen LogP contribution in [-0.2, 0) is 9.59 Å². The Balaban J connectivity index is 2.64. The van der Waals surface area contributed by atoms with E-state index in [4.69, 9.17) is 0 Å². The number of amides is 1. The van der Waals surface area contributed by atoms with Crippen LogP contribution in [0.4, 0.5) is 5.69 Å². The summed E-state index contributed by atoms with van der Waals surface area (Å²) in [5.41, 5.74) is 2.14. The first kappa shape index (κ1) is 16.2. The number of carbonyl (C=O) groups excluding carboxylic acids is 2. The van der Waals surface area contributed by atoms with Gasteiger partial charge >= 0.3 is 0 Å². The lowest BCUT2D eigenvalue weighted by Crippen LogP contribution is -2.46. The molecule has 1 unspecified atom stereocenters. The minimum absolute atomic E-state index is 0.00782. The van der Waals surface area contributed by atoms with E-state index >= 15 is 0 Å². The van der Waals surface area contributed by atoms with E-state index in [1.165, 1.54) is 6.92 Å². The summed E-state index contributed by atoms with van der Waals surface area (Å²) in [7, 11) is 1.87. The van der Waals surface area contributed by atoms with Gasteiger partial charge in [0.25, 0.3) is 0 Å². The number of hydrogen-bond donors (Lipinski definition) is 1. The molecule has 4 heteroatoms. The normalized spacial score (nSPS) is 12.1. The number of nitrogens with one attached hydrogen (secondary N) is 1. The highest BCUT2D eigenvalue weighted by Gasteiger charge is 2.21. The highest BCUT2D eigenvalue weighted by molar-refractivity contribution is 5.89.